The van der Waals surface area contributed by atoms with Gasteiger partial charge in [0.1, 0.15) is 0 Å². The summed E-state index contributed by atoms with van der Waals surface area (Å²) < 4.78 is 29.2. The van der Waals surface area contributed by atoms with E-state index in [1.807, 2.05) is 18.2 Å². The molecule has 2 aromatic carbocycles. The minimum Gasteiger partial charge on any atom is -0.282 e. The Labute approximate surface area is 120 Å². The van der Waals surface area contributed by atoms with Crippen LogP contribution in [0, 0.1) is 0 Å². The van der Waals surface area contributed by atoms with Gasteiger partial charge in [0.05, 0.1) is 11.1 Å². The first-order valence-electron chi connectivity index (χ1n) is 5.93. The van der Waals surface area contributed by atoms with Gasteiger partial charge in [0.2, 0.25) is 0 Å². The van der Waals surface area contributed by atoms with E-state index in [4.69, 9.17) is 4.55 Å². The van der Waals surface area contributed by atoms with Gasteiger partial charge >= 0.3 is 0 Å². The van der Waals surface area contributed by atoms with Gasteiger partial charge in [0, 0.05) is 10.8 Å². The molecule has 6 nitrogen and oxygen atoms in total. The van der Waals surface area contributed by atoms with Crippen LogP contribution in [-0.2, 0) is 10.1 Å². The molecule has 108 valence electrons. The zero-order chi connectivity index (χ0) is 15.3. The quantitative estimate of drug-likeness (QED) is 0.668. The molecule has 0 saturated heterocycles. The van der Waals surface area contributed by atoms with Crippen molar-refractivity contribution in [3.63, 3.8) is 0 Å². The molecule has 2 N–H and O–H groups in total. The van der Waals surface area contributed by atoms with E-state index >= 15 is 0 Å². The Morgan fingerprint density at radius 3 is 2.14 bits per heavy atom. The molecule has 0 radical (unpaired) electrons. The Morgan fingerprint density at radius 1 is 0.952 bits per heavy atom. The molecule has 0 aliphatic heterocycles. The molecular weight excluding hydrogens is 292 g/mol. The number of nitrogens with one attached hydrogen (secondary N) is 1. The summed E-state index contributed by atoms with van der Waals surface area (Å²) in [6, 6.07) is 14.8. The third-order valence-electron chi connectivity index (χ3n) is 2.62. The average molecular weight is 304 g/mol. The van der Waals surface area contributed by atoms with Crippen molar-refractivity contribution < 1.29 is 13.0 Å². The Hall–Kier alpha value is -2.51. The second-order valence-electron chi connectivity index (χ2n) is 4.07. The van der Waals surface area contributed by atoms with Crippen molar-refractivity contribution in [2.75, 3.05) is 0 Å². The van der Waals surface area contributed by atoms with Crippen LogP contribution in [0.2, 0.25) is 0 Å². The summed E-state index contributed by atoms with van der Waals surface area (Å²) in [5.74, 6) is 0. The largest absolute Gasteiger partial charge is 0.294 e. The molecule has 0 amide bonds. The van der Waals surface area contributed by atoms with Crippen LogP contribution in [0.5, 0.6) is 0 Å². The Morgan fingerprint density at radius 2 is 1.57 bits per heavy atom. The highest BCUT2D eigenvalue weighted by Gasteiger charge is 2.05. The lowest BCUT2D eigenvalue weighted by atomic mass is 10.2. The first-order chi connectivity index (χ1) is 9.98. The molecule has 0 aliphatic carbocycles. The van der Waals surface area contributed by atoms with Crippen molar-refractivity contribution >= 4 is 20.9 Å². The summed E-state index contributed by atoms with van der Waals surface area (Å²) >= 11 is 0. The normalized spacial score (nSPS) is 10.7. The van der Waals surface area contributed by atoms with Crippen molar-refractivity contribution in [2.24, 2.45) is 0 Å². The van der Waals surface area contributed by atoms with Gasteiger partial charge in [-0.2, -0.15) is 13.5 Å². The minimum absolute atomic E-state index is 0.0741. The van der Waals surface area contributed by atoms with E-state index in [-0.39, 0.29) is 10.5 Å². The van der Waals surface area contributed by atoms with Gasteiger partial charge in [0.25, 0.3) is 15.7 Å². The third-order valence-corrected chi connectivity index (χ3v) is 3.48. The highest BCUT2D eigenvalue weighted by molar-refractivity contribution is 7.85. The van der Waals surface area contributed by atoms with Gasteiger partial charge in [-0.1, -0.05) is 36.4 Å². The van der Waals surface area contributed by atoms with Crippen molar-refractivity contribution in [2.45, 2.75) is 4.90 Å². The number of benzene rings is 2. The number of fused-ring (bicyclic) bond motifs is 1. The summed E-state index contributed by atoms with van der Waals surface area (Å²) in [6.07, 6.45) is 1.64. The predicted molar refractivity (Wildman–Crippen MR) is 78.6 cm³/mol. The van der Waals surface area contributed by atoms with Crippen LogP contribution < -0.4 is 5.56 Å². The molecule has 1 aromatic heterocycles. The smallest absolute Gasteiger partial charge is 0.282 e. The molecule has 0 fully saturated rings. The second kappa shape index (κ2) is 6.29. The molecule has 3 rings (SSSR count). The van der Waals surface area contributed by atoms with Gasteiger partial charge < -0.3 is 0 Å². The molecule has 3 aromatic rings. The molecule has 7 heteroatoms. The summed E-state index contributed by atoms with van der Waals surface area (Å²) in [6.45, 7) is 0. The lowest BCUT2D eigenvalue weighted by molar-refractivity contribution is 0.483. The number of aromatic amines is 1. The van der Waals surface area contributed by atoms with Crippen LogP contribution in [0.4, 0.5) is 0 Å². The average Bonchev–Trinajstić information content (AvgIpc) is 2.49. The zero-order valence-corrected chi connectivity index (χ0v) is 11.6. The fraction of sp³-hybridized carbons (Fsp3) is 0. The highest BCUT2D eigenvalue weighted by Crippen LogP contribution is 2.05. The van der Waals surface area contributed by atoms with Crippen molar-refractivity contribution in [1.82, 2.24) is 10.2 Å². The SMILES string of the molecule is O=S(=O)(O)c1ccccc1.O=c1[nH]ncc2ccccc12. The number of rotatable bonds is 1. The summed E-state index contributed by atoms with van der Waals surface area (Å²) in [5.41, 5.74) is -0.136. The Kier molecular flexibility index (Phi) is 4.46. The van der Waals surface area contributed by atoms with E-state index in [2.05, 4.69) is 10.2 Å². The Balaban J connectivity index is 0.000000155. The minimum atomic E-state index is -4.00. The molecule has 0 atom stereocenters. The molecule has 0 unspecified atom stereocenters. The predicted octanol–water partition coefficient (Wildman–Crippen LogP) is 1.86. The van der Waals surface area contributed by atoms with Crippen molar-refractivity contribution in [3.05, 3.63) is 71.1 Å². The fourth-order valence-corrected chi connectivity index (χ4v) is 2.13. The molecule has 0 spiro atoms. The van der Waals surface area contributed by atoms with Gasteiger partial charge in [-0.15, -0.1) is 0 Å². The molecule has 0 aliphatic rings. The maximum atomic E-state index is 11.1. The first-order valence-corrected chi connectivity index (χ1v) is 7.37. The van der Waals surface area contributed by atoms with Crippen molar-refractivity contribution in [1.29, 1.82) is 0 Å². The van der Waals surface area contributed by atoms with E-state index in [9.17, 15) is 13.2 Å². The first kappa shape index (κ1) is 14.9. The molecule has 21 heavy (non-hydrogen) atoms. The molecule has 1 heterocycles. The topological polar surface area (TPSA) is 100 Å². The summed E-state index contributed by atoms with van der Waals surface area (Å²) in [5, 5.41) is 7.60. The monoisotopic (exact) mass is 304 g/mol. The Bertz CT molecular complexity index is 884. The number of hydrogen-bond acceptors (Lipinski definition) is 4. The van der Waals surface area contributed by atoms with Crippen LogP contribution in [0.15, 0.2) is 70.5 Å². The number of H-pyrrole nitrogens is 1. The number of hydrogen-bond donors (Lipinski definition) is 2. The molecule has 0 bridgehead atoms. The van der Waals surface area contributed by atoms with Crippen LogP contribution in [0.3, 0.4) is 0 Å². The maximum Gasteiger partial charge on any atom is 0.294 e. The van der Waals surface area contributed by atoms with Crippen LogP contribution in [0.25, 0.3) is 10.8 Å². The zero-order valence-electron chi connectivity index (χ0n) is 10.8. The van der Waals surface area contributed by atoms with Gasteiger partial charge in [-0.3, -0.25) is 9.35 Å². The van der Waals surface area contributed by atoms with Crippen LogP contribution in [0.1, 0.15) is 0 Å². The molecular formula is C14H12N2O4S. The lowest BCUT2D eigenvalue weighted by Gasteiger charge is -1.92. The van der Waals surface area contributed by atoms with E-state index in [1.165, 1.54) is 12.1 Å². The summed E-state index contributed by atoms with van der Waals surface area (Å²) in [4.78, 5) is 11.0. The number of aromatic nitrogens is 2. The van der Waals surface area contributed by atoms with Crippen LogP contribution in [-0.4, -0.2) is 23.2 Å². The molecule has 0 saturated carbocycles. The van der Waals surface area contributed by atoms with Gasteiger partial charge in [-0.05, 0) is 18.2 Å². The lowest BCUT2D eigenvalue weighted by Crippen LogP contribution is -2.06. The van der Waals surface area contributed by atoms with Crippen LogP contribution >= 0.6 is 0 Å². The van der Waals surface area contributed by atoms with E-state index in [1.54, 1.807) is 30.5 Å². The van der Waals surface area contributed by atoms with Crippen molar-refractivity contribution in [3.8, 4) is 0 Å². The summed E-state index contributed by atoms with van der Waals surface area (Å²) in [7, 11) is -4.00. The highest BCUT2D eigenvalue weighted by atomic mass is 32.2. The van der Waals surface area contributed by atoms with E-state index in [0.29, 0.717) is 5.39 Å². The number of nitrogens with zero attached hydrogens (tertiary/aromatic N) is 1. The van der Waals surface area contributed by atoms with E-state index in [0.717, 1.165) is 5.39 Å². The fourth-order valence-electron chi connectivity index (χ4n) is 1.63. The second-order valence-corrected chi connectivity index (χ2v) is 5.50. The third kappa shape index (κ3) is 3.98. The van der Waals surface area contributed by atoms with E-state index < -0.39 is 10.1 Å². The van der Waals surface area contributed by atoms with Gasteiger partial charge in [0.15, 0.2) is 0 Å². The maximum absolute atomic E-state index is 11.1. The van der Waals surface area contributed by atoms with Gasteiger partial charge in [-0.25, -0.2) is 5.10 Å². The standard InChI is InChI=1S/C8H6N2O.C6H6O3S/c11-8-7-4-2-1-3-6(7)5-9-10-8;7-10(8,9)6-4-2-1-3-5-6/h1-5H,(H,10,11);1-5H,(H,7,8,9).